The van der Waals surface area contributed by atoms with Crippen LogP contribution in [0.4, 0.5) is 4.79 Å². The molecule has 54 heavy (non-hydrogen) atoms. The van der Waals surface area contributed by atoms with E-state index in [4.69, 9.17) is 38.6 Å². The number of morpholine rings is 1. The first kappa shape index (κ1) is 36.8. The van der Waals surface area contributed by atoms with Gasteiger partial charge < -0.3 is 58.7 Å². The summed E-state index contributed by atoms with van der Waals surface area (Å²) in [5, 5.41) is 48.3. The lowest BCUT2D eigenvalue weighted by Crippen LogP contribution is -2.55. The van der Waals surface area contributed by atoms with E-state index in [1.165, 1.54) is 18.1 Å². The number of amides is 1. The van der Waals surface area contributed by atoms with Crippen molar-refractivity contribution in [3.05, 3.63) is 51.6 Å². The number of hydrogen-bond acceptors (Lipinski definition) is 16. The molecule has 6 aliphatic rings. The number of hydrogen-bond donors (Lipinski definition) is 5. The molecule has 2 aliphatic carbocycles. The maximum atomic E-state index is 14.0. The Morgan fingerprint density at radius 2 is 1.85 bits per heavy atom. The molecule has 8 atom stereocenters. The zero-order chi connectivity index (χ0) is 38.1. The van der Waals surface area contributed by atoms with Gasteiger partial charge in [-0.05, 0) is 13.0 Å². The van der Waals surface area contributed by atoms with Crippen LogP contribution in [0, 0.1) is 5.41 Å². The van der Waals surface area contributed by atoms with Crippen LogP contribution in [0.1, 0.15) is 64.0 Å². The second kappa shape index (κ2) is 14.1. The highest BCUT2D eigenvalue weighted by Gasteiger charge is 2.55. The van der Waals surface area contributed by atoms with Crippen LogP contribution in [-0.2, 0) is 39.6 Å². The number of nitrogens with zero attached hydrogens (tertiary/aromatic N) is 2. The number of piperazine rings is 1. The van der Waals surface area contributed by atoms with Gasteiger partial charge in [-0.3, -0.25) is 19.9 Å². The maximum absolute atomic E-state index is 14.0. The van der Waals surface area contributed by atoms with Gasteiger partial charge in [-0.15, -0.1) is 0 Å². The molecule has 0 radical (unpaired) electrons. The van der Waals surface area contributed by atoms with E-state index in [-0.39, 0.29) is 57.0 Å². The van der Waals surface area contributed by atoms with Crippen molar-refractivity contribution in [1.82, 2.24) is 15.1 Å². The highest BCUT2D eigenvalue weighted by atomic mass is 16.7. The number of rotatable bonds is 7. The molecule has 0 bridgehead atoms. The van der Waals surface area contributed by atoms with Crippen LogP contribution in [0.5, 0.6) is 17.2 Å². The molecule has 2 aromatic rings. The van der Waals surface area contributed by atoms with Gasteiger partial charge in [0.05, 0.1) is 48.3 Å². The lowest BCUT2D eigenvalue weighted by molar-refractivity contribution is -0.256. The summed E-state index contributed by atoms with van der Waals surface area (Å²) in [5.74, 6) is -2.44. The summed E-state index contributed by atoms with van der Waals surface area (Å²) >= 11 is 0. The minimum atomic E-state index is -2.27. The van der Waals surface area contributed by atoms with Gasteiger partial charge in [-0.1, -0.05) is 12.1 Å². The molecule has 4 heterocycles. The Bertz CT molecular complexity index is 1880. The van der Waals surface area contributed by atoms with Gasteiger partial charge in [-0.2, -0.15) is 0 Å². The molecule has 0 aromatic heterocycles. The van der Waals surface area contributed by atoms with Crippen molar-refractivity contribution in [2.45, 2.75) is 74.9 Å². The van der Waals surface area contributed by atoms with Crippen LogP contribution in [-0.4, -0.2) is 151 Å². The predicted octanol–water partition coefficient (Wildman–Crippen LogP) is 0.946. The van der Waals surface area contributed by atoms with Crippen molar-refractivity contribution in [1.29, 1.82) is 5.41 Å². The van der Waals surface area contributed by atoms with Gasteiger partial charge in [0.2, 0.25) is 5.78 Å². The Morgan fingerprint density at radius 3 is 2.59 bits per heavy atom. The molecule has 4 aliphatic heterocycles. The van der Waals surface area contributed by atoms with Crippen LogP contribution >= 0.6 is 0 Å². The van der Waals surface area contributed by atoms with E-state index in [0.717, 1.165) is 0 Å². The summed E-state index contributed by atoms with van der Waals surface area (Å²) in [6.07, 6.45) is -5.54. The quantitative estimate of drug-likeness (QED) is 0.212. The second-order valence-corrected chi connectivity index (χ2v) is 14.5. The van der Waals surface area contributed by atoms with Gasteiger partial charge in [0, 0.05) is 81.8 Å². The number of benzene rings is 2. The molecule has 2 aromatic carbocycles. The maximum Gasteiger partial charge on any atom is 0.410 e. The van der Waals surface area contributed by atoms with E-state index < -0.39 is 85.2 Å². The number of Topliss-reactive ketones (excluding diaryl/α,β-unsaturated/α-hetero) is 1. The normalized spacial score (nSPS) is 31.9. The zero-order valence-corrected chi connectivity index (χ0v) is 30.2. The molecule has 4 saturated heterocycles. The Hall–Kier alpha value is -4.20. The number of nitrogens with one attached hydrogen (secondary N) is 2. The minimum absolute atomic E-state index is 0.00202. The number of ether oxygens (including phenoxy) is 7. The van der Waals surface area contributed by atoms with Gasteiger partial charge >= 0.3 is 6.09 Å². The number of carbonyl (C=O) groups excluding carboxylic acids is 3. The number of fused-ring (bicyclic) bond motifs is 6. The van der Waals surface area contributed by atoms with E-state index in [0.29, 0.717) is 45.8 Å². The van der Waals surface area contributed by atoms with Crippen LogP contribution in [0.25, 0.3) is 0 Å². The van der Waals surface area contributed by atoms with Crippen LogP contribution in [0.2, 0.25) is 0 Å². The summed E-state index contributed by atoms with van der Waals surface area (Å²) in [5.41, 5.74) is -3.00. The SMILES string of the molecule is COc1cccc2c1C(=N)c1c(O)c3c(c(O)c1C2=O)C[C@@](O)(C(=O)COC(=O)N1CCNCC1)C[C@@H]3O[C@H]1C[C@H]2[C@H](O[C@@H]3[C@@H](OC)OCCN32)[C@H](C)O1. The van der Waals surface area contributed by atoms with E-state index >= 15 is 0 Å². The highest BCUT2D eigenvalue weighted by Crippen LogP contribution is 2.53. The molecule has 290 valence electrons. The molecular formula is C37H44N4O13. The lowest BCUT2D eigenvalue weighted by atomic mass is 9.71. The first-order valence-corrected chi connectivity index (χ1v) is 18.1. The second-order valence-electron chi connectivity index (χ2n) is 14.5. The topological polar surface area (TPSA) is 219 Å². The fourth-order valence-corrected chi connectivity index (χ4v) is 8.79. The standard InChI is InChI=1S/C37H44N4O13/c1-17-33-20(41-11-12-50-35(49-3)34(41)54-33)13-24(52-17)53-22-15-37(47,23(42)16-51-36(46)40-9-7-39-8-10-40)14-19-26(22)32(45)27-28(31(19)44)30(43)18-5-4-6-21(48-2)25(18)29(27)38/h4-6,17,20,22,24,33-35,38-39,44-45,47H,7-16H2,1-3H3/t17-,20-,22-,24-,33+,34+,35-,37-/m0/s1. The molecule has 0 spiro atoms. The highest BCUT2D eigenvalue weighted by molar-refractivity contribution is 6.32. The number of phenols is 2. The first-order chi connectivity index (χ1) is 25.9. The van der Waals surface area contributed by atoms with Crippen molar-refractivity contribution in [2.24, 2.45) is 0 Å². The largest absolute Gasteiger partial charge is 0.507 e. The summed E-state index contributed by atoms with van der Waals surface area (Å²) in [4.78, 5) is 44.2. The Kier molecular flexibility index (Phi) is 9.63. The van der Waals surface area contributed by atoms with Crippen molar-refractivity contribution in [3.8, 4) is 17.2 Å². The van der Waals surface area contributed by atoms with Crippen LogP contribution in [0.3, 0.4) is 0 Å². The Balaban J connectivity index is 1.15. The summed E-state index contributed by atoms with van der Waals surface area (Å²) in [6, 6.07) is 4.47. The van der Waals surface area contributed by atoms with Crippen LogP contribution in [0.15, 0.2) is 18.2 Å². The fourth-order valence-electron chi connectivity index (χ4n) is 8.79. The molecule has 17 nitrogen and oxygen atoms in total. The Labute approximate surface area is 310 Å². The van der Waals surface area contributed by atoms with E-state index in [2.05, 4.69) is 10.2 Å². The van der Waals surface area contributed by atoms with Gasteiger partial charge in [0.1, 0.15) is 29.0 Å². The van der Waals surface area contributed by atoms with E-state index in [1.54, 1.807) is 19.2 Å². The van der Waals surface area contributed by atoms with E-state index in [9.17, 15) is 29.7 Å². The third-order valence-corrected chi connectivity index (χ3v) is 11.4. The molecule has 5 N–H and O–H groups in total. The fraction of sp³-hybridized carbons (Fsp3) is 0.568. The molecule has 0 saturated carbocycles. The minimum Gasteiger partial charge on any atom is -0.507 e. The molecule has 4 fully saturated rings. The number of aliphatic hydroxyl groups is 1. The number of phenolic OH excluding ortho intramolecular Hbond substituents is 2. The average Bonchev–Trinajstić information content (AvgIpc) is 3.56. The van der Waals surface area contributed by atoms with Gasteiger partial charge in [0.25, 0.3) is 0 Å². The zero-order valence-electron chi connectivity index (χ0n) is 30.2. The van der Waals surface area contributed by atoms with Crippen molar-refractivity contribution in [2.75, 3.05) is 60.2 Å². The average molecular weight is 753 g/mol. The van der Waals surface area contributed by atoms with Crippen molar-refractivity contribution >= 4 is 23.4 Å². The predicted molar refractivity (Wildman–Crippen MR) is 185 cm³/mol. The molecule has 8 rings (SSSR count). The number of carbonyl (C=O) groups is 3. The number of methoxy groups -OCH3 is 2. The van der Waals surface area contributed by atoms with Gasteiger partial charge in [0.15, 0.2) is 31.2 Å². The van der Waals surface area contributed by atoms with Crippen molar-refractivity contribution < 1.29 is 62.9 Å². The molecule has 0 unspecified atom stereocenters. The molecular weight excluding hydrogens is 708 g/mol. The van der Waals surface area contributed by atoms with Gasteiger partial charge in [-0.25, -0.2) is 4.79 Å². The van der Waals surface area contributed by atoms with E-state index in [1.807, 2.05) is 6.92 Å². The van der Waals surface area contributed by atoms with Crippen LogP contribution < -0.4 is 10.1 Å². The number of aromatic hydroxyl groups is 2. The Morgan fingerprint density at radius 1 is 1.07 bits per heavy atom. The lowest BCUT2D eigenvalue weighted by Gasteiger charge is -2.43. The molecule has 17 heteroatoms. The van der Waals surface area contributed by atoms with Crippen molar-refractivity contribution in [3.63, 3.8) is 0 Å². The summed E-state index contributed by atoms with van der Waals surface area (Å²) in [7, 11) is 2.94. The smallest absolute Gasteiger partial charge is 0.410 e. The third kappa shape index (κ3) is 5.94. The first-order valence-electron chi connectivity index (χ1n) is 18.1. The monoisotopic (exact) mass is 752 g/mol. The number of ketones is 2. The third-order valence-electron chi connectivity index (χ3n) is 11.4. The summed E-state index contributed by atoms with van der Waals surface area (Å²) < 4.78 is 41.3. The summed E-state index contributed by atoms with van der Waals surface area (Å²) in [6.45, 7) is 3.97. The molecule has 1 amide bonds.